The number of phenols is 1. The van der Waals surface area contributed by atoms with Crippen molar-refractivity contribution in [1.29, 1.82) is 0 Å². The van der Waals surface area contributed by atoms with Gasteiger partial charge in [-0.1, -0.05) is 52.3 Å². The second-order valence-electron chi connectivity index (χ2n) is 18.1. The molecule has 0 saturated carbocycles. The number of nitrogens with one attached hydrogen (secondary N) is 1. The average molecular weight is 928 g/mol. The molecule has 17 heteroatoms. The number of aliphatic hydroxyl groups is 1. The number of methoxy groups -OCH3 is 1. The number of unbranched alkanes of at least 4 members (excludes halogenated alkanes) is 1. The van der Waals surface area contributed by atoms with Gasteiger partial charge in [-0.3, -0.25) is 19.2 Å². The average Bonchev–Trinajstić information content (AvgIpc) is 3.72. The van der Waals surface area contributed by atoms with Crippen LogP contribution >= 0.6 is 0 Å². The summed E-state index contributed by atoms with van der Waals surface area (Å²) in [5.41, 5.74) is -0.700. The van der Waals surface area contributed by atoms with Gasteiger partial charge in [-0.15, -0.1) is 0 Å². The summed E-state index contributed by atoms with van der Waals surface area (Å²) in [5, 5.41) is 26.1. The van der Waals surface area contributed by atoms with Crippen molar-refractivity contribution in [3.63, 3.8) is 0 Å². The molecule has 8 rings (SSSR count). The Hall–Kier alpha value is -6.01. The van der Waals surface area contributed by atoms with E-state index >= 15 is 0 Å². The molecule has 0 unspecified atom stereocenters. The molecule has 360 valence electrons. The zero-order chi connectivity index (χ0) is 48.6. The maximum absolute atomic E-state index is 14.9. The Morgan fingerprint density at radius 1 is 1.00 bits per heavy atom. The number of allylic oxidation sites excluding steroid dienone is 2. The molecule has 0 spiro atoms. The Morgan fingerprint density at radius 3 is 2.43 bits per heavy atom. The van der Waals surface area contributed by atoms with Gasteiger partial charge in [-0.25, -0.2) is 4.98 Å². The molecule has 1 amide bonds. The van der Waals surface area contributed by atoms with Crippen LogP contribution in [0.25, 0.3) is 33.0 Å². The molecule has 0 aliphatic carbocycles. The first-order chi connectivity index (χ1) is 31.8. The molecule has 0 radical (unpaired) electrons. The monoisotopic (exact) mass is 927 g/mol. The third-order valence-corrected chi connectivity index (χ3v) is 12.8. The topological polar surface area (TPSA) is 215 Å². The van der Waals surface area contributed by atoms with Crippen molar-refractivity contribution >= 4 is 56.3 Å². The summed E-state index contributed by atoms with van der Waals surface area (Å²) in [4.78, 5) is 63.1. The number of carbonyl (C=O) groups is 3. The van der Waals surface area contributed by atoms with E-state index in [-0.39, 0.29) is 67.0 Å². The van der Waals surface area contributed by atoms with Gasteiger partial charge in [0.25, 0.3) is 11.7 Å². The number of esters is 1. The van der Waals surface area contributed by atoms with E-state index in [9.17, 15) is 29.4 Å². The van der Waals surface area contributed by atoms with Gasteiger partial charge in [-0.05, 0) is 40.4 Å². The Kier molecular flexibility index (Phi) is 14.4. The lowest BCUT2D eigenvalue weighted by Crippen LogP contribution is -2.46. The second kappa shape index (κ2) is 19.7. The molecule has 1 fully saturated rings. The van der Waals surface area contributed by atoms with Gasteiger partial charge in [0.1, 0.15) is 47.0 Å². The lowest BCUT2D eigenvalue weighted by atomic mass is 9.86. The number of fused-ring (bicyclic) bond motifs is 9. The van der Waals surface area contributed by atoms with E-state index in [0.29, 0.717) is 31.3 Å². The summed E-state index contributed by atoms with van der Waals surface area (Å²) in [6.07, 6.45) is 5.14. The third kappa shape index (κ3) is 9.34. The molecule has 3 aromatic carbocycles. The lowest BCUT2D eigenvalue weighted by molar-refractivity contribution is -0.168. The fraction of sp³-hybridized carbons (Fsp3) is 0.500. The maximum atomic E-state index is 14.9. The number of Topliss-reactive ketones (excluding diaryl/α,β-unsaturated/α-hetero) is 1. The van der Waals surface area contributed by atoms with E-state index in [1.807, 2.05) is 45.8 Å². The molecule has 9 atom stereocenters. The van der Waals surface area contributed by atoms with Crippen molar-refractivity contribution in [2.45, 2.75) is 105 Å². The van der Waals surface area contributed by atoms with Crippen LogP contribution in [0.5, 0.6) is 23.0 Å². The number of ether oxygens (including phenoxy) is 7. The molecular formula is C50H61N3O14. The molecule has 5 heterocycles. The minimum Gasteiger partial charge on any atom is -0.505 e. The largest absolute Gasteiger partial charge is 0.505 e. The molecule has 4 aliphatic heterocycles. The number of hydrogen-bond acceptors (Lipinski definition) is 16. The Morgan fingerprint density at radius 2 is 1.75 bits per heavy atom. The summed E-state index contributed by atoms with van der Waals surface area (Å²) in [7, 11) is 5.30. The summed E-state index contributed by atoms with van der Waals surface area (Å²) in [6.45, 7) is 14.5. The minimum atomic E-state index is -2.06. The fourth-order valence-electron chi connectivity index (χ4n) is 8.90. The molecule has 17 nitrogen and oxygen atoms in total. The van der Waals surface area contributed by atoms with Gasteiger partial charge >= 0.3 is 11.8 Å². The van der Waals surface area contributed by atoms with Crippen molar-refractivity contribution in [1.82, 2.24) is 9.88 Å². The van der Waals surface area contributed by atoms with Gasteiger partial charge in [0.15, 0.2) is 28.1 Å². The first-order valence-electron chi connectivity index (χ1n) is 22.6. The predicted octanol–water partition coefficient (Wildman–Crippen LogP) is 6.89. The van der Waals surface area contributed by atoms with Crippen LogP contribution in [0.2, 0.25) is 0 Å². The van der Waals surface area contributed by atoms with Crippen molar-refractivity contribution in [2.24, 2.45) is 17.8 Å². The summed E-state index contributed by atoms with van der Waals surface area (Å²) in [6, 6.07) is 3.31. The quantitative estimate of drug-likeness (QED) is 0.0486. The number of rotatable bonds is 10. The number of hydrogen-bond donors (Lipinski definition) is 3. The van der Waals surface area contributed by atoms with Gasteiger partial charge in [0, 0.05) is 73.9 Å². The van der Waals surface area contributed by atoms with E-state index in [2.05, 4.69) is 5.32 Å². The van der Waals surface area contributed by atoms with Crippen molar-refractivity contribution < 1.29 is 62.2 Å². The number of ketones is 1. The molecule has 7 bridgehead atoms. The standard InChI is InChI=1S/C50H61N3O14/c1-12-13-19-62-32-22-30(61-21-18-53(9)10)23-33-37(32)51-38-34-35-40(55)27(5)44-36(34)48(58)50(8,67-44)63-20-17-31(60-11)26(4)45(64-29(7)54)47-41(56)28(6)43(66-47)24(2)15-14-16-25(3)49(59)52-39(42(35)57)46(38)65-33/h14-17,20,22-24,26,28,31,41,43,45,47,56-57H,12-13,18-19,21H2,1-11H3,(H,52,59)/b15-14+,20-17+,25-16-/t24-,26+,28-,31-,41+,43-,45+,47+,50-/m0/s1. The number of aliphatic hydroxyl groups excluding tert-OH is 1. The summed E-state index contributed by atoms with van der Waals surface area (Å²) < 4.78 is 49.5. The van der Waals surface area contributed by atoms with Crippen molar-refractivity contribution in [3.8, 4) is 23.0 Å². The zero-order valence-electron chi connectivity index (χ0n) is 39.9. The van der Waals surface area contributed by atoms with Crippen LogP contribution in [0.3, 0.4) is 0 Å². The highest BCUT2D eigenvalue weighted by Gasteiger charge is 2.51. The van der Waals surface area contributed by atoms with Gasteiger partial charge in [0.05, 0.1) is 42.1 Å². The number of amides is 1. The number of anilines is 1. The molecule has 3 N–H and O–H groups in total. The normalized spacial score (nSPS) is 28.4. The zero-order valence-corrected chi connectivity index (χ0v) is 39.9. The van der Waals surface area contributed by atoms with Crippen LogP contribution in [0.1, 0.15) is 77.2 Å². The Balaban J connectivity index is 1.47. The van der Waals surface area contributed by atoms with E-state index in [1.54, 1.807) is 38.1 Å². The number of benzene rings is 3. The van der Waals surface area contributed by atoms with Crippen LogP contribution in [-0.2, 0) is 28.5 Å². The number of aromatic nitrogens is 1. The number of aromatic hydroxyl groups is 1. The van der Waals surface area contributed by atoms with E-state index in [0.717, 1.165) is 12.8 Å². The van der Waals surface area contributed by atoms with Gasteiger partial charge < -0.3 is 58.0 Å². The molecule has 1 aromatic heterocycles. The first-order valence-corrected chi connectivity index (χ1v) is 22.6. The Labute approximate surface area is 388 Å². The highest BCUT2D eigenvalue weighted by Crippen LogP contribution is 2.49. The van der Waals surface area contributed by atoms with Gasteiger partial charge in [0.2, 0.25) is 0 Å². The van der Waals surface area contributed by atoms with Crippen LogP contribution < -0.4 is 25.0 Å². The number of nitrogens with zero attached hydrogens (tertiary/aromatic N) is 2. The van der Waals surface area contributed by atoms with E-state index < -0.39 is 77.0 Å². The molecule has 4 aromatic rings. The molecule has 1 saturated heterocycles. The number of carbonyl (C=O) groups excluding carboxylic acids is 3. The van der Waals surface area contributed by atoms with E-state index in [1.165, 1.54) is 40.2 Å². The van der Waals surface area contributed by atoms with Crippen LogP contribution in [0.4, 0.5) is 5.69 Å². The van der Waals surface area contributed by atoms with Crippen molar-refractivity contribution in [2.75, 3.05) is 46.3 Å². The SMILES string of the molecule is CCCCOc1cc(OCCN(C)C)cc2oc3c4c(O)c5c(=O)c(C)c6c(c5c3nc12)C(=O)[C@@](C)(O/C=C/[C@H](OC)[C@@H](C)[C@@H](OC(C)=O)[C@@H]1O[C@H]([C@@H](C)[C@H]1O)[C@@H](C)/C=C/C=C(/C)C(=O)N4)O6. The highest BCUT2D eigenvalue weighted by molar-refractivity contribution is 6.26. The molecular weight excluding hydrogens is 867 g/mol. The Bertz CT molecular complexity index is 2740. The minimum absolute atomic E-state index is 0.0139. The molecule has 67 heavy (non-hydrogen) atoms. The lowest BCUT2D eigenvalue weighted by Gasteiger charge is -2.33. The smallest absolute Gasteiger partial charge is 0.312 e. The van der Waals surface area contributed by atoms with E-state index in [4.69, 9.17) is 42.6 Å². The third-order valence-electron chi connectivity index (χ3n) is 12.8. The summed E-state index contributed by atoms with van der Waals surface area (Å²) >= 11 is 0. The van der Waals surface area contributed by atoms with Gasteiger partial charge in [-0.2, -0.15) is 0 Å². The number of likely N-dealkylation sites (N-methyl/N-ethyl adjacent to an activating group) is 1. The van der Waals surface area contributed by atoms with Crippen LogP contribution in [0.15, 0.2) is 57.5 Å². The summed E-state index contributed by atoms with van der Waals surface area (Å²) in [5.74, 6) is -5.38. The molecule has 4 aliphatic rings. The van der Waals surface area contributed by atoms with Crippen LogP contribution in [-0.4, -0.2) is 115 Å². The second-order valence-corrected chi connectivity index (χ2v) is 18.1. The van der Waals surface area contributed by atoms with Crippen molar-refractivity contribution in [3.05, 3.63) is 69.6 Å². The van der Waals surface area contributed by atoms with Crippen LogP contribution in [0, 0.1) is 24.7 Å². The number of phenolic OH excluding ortho intramolecular Hbond substituents is 1. The highest BCUT2D eigenvalue weighted by atomic mass is 16.7. The first kappa shape index (κ1) is 48.9. The predicted molar refractivity (Wildman–Crippen MR) is 250 cm³/mol. The maximum Gasteiger partial charge on any atom is 0.312 e. The fourth-order valence-corrected chi connectivity index (χ4v) is 8.90.